The Morgan fingerprint density at radius 1 is 1.04 bits per heavy atom. The number of allylic oxidation sites excluding steroid dienone is 1. The quantitative estimate of drug-likeness (QED) is 0.561. The normalized spacial score (nSPS) is 19.4. The van der Waals surface area contributed by atoms with Crippen LogP contribution in [0.4, 0.5) is 0 Å². The summed E-state index contributed by atoms with van der Waals surface area (Å²) in [6, 6.07) is 20.4. The molecular weight excluding hydrogens is 342 g/mol. The van der Waals surface area contributed by atoms with E-state index >= 15 is 0 Å². The Morgan fingerprint density at radius 2 is 1.65 bits per heavy atom. The van der Waals surface area contributed by atoms with Crippen LogP contribution in [0.5, 0.6) is 0 Å². The molecule has 0 saturated carbocycles. The molecule has 0 saturated heterocycles. The van der Waals surface area contributed by atoms with Crippen molar-refractivity contribution in [3.63, 3.8) is 0 Å². The predicted molar refractivity (Wildman–Crippen MR) is 107 cm³/mol. The first-order valence-electron chi connectivity index (χ1n) is 8.83. The van der Waals surface area contributed by atoms with Gasteiger partial charge in [-0.3, -0.25) is 4.79 Å². The summed E-state index contributed by atoms with van der Waals surface area (Å²) in [7, 11) is 1.43. The minimum absolute atomic E-state index is 0.0576. The van der Waals surface area contributed by atoms with Crippen LogP contribution in [-0.2, 0) is 22.5 Å². The first kappa shape index (κ1) is 18.3. The summed E-state index contributed by atoms with van der Waals surface area (Å²) in [5.74, 6) is -0.606. The number of rotatable bonds is 6. The van der Waals surface area contributed by atoms with E-state index in [1.807, 2.05) is 47.5 Å². The zero-order chi connectivity index (χ0) is 18.4. The van der Waals surface area contributed by atoms with Gasteiger partial charge in [-0.2, -0.15) is 0 Å². The van der Waals surface area contributed by atoms with E-state index in [0.29, 0.717) is 11.5 Å². The fourth-order valence-corrected chi connectivity index (χ4v) is 3.71. The largest absolute Gasteiger partial charge is 0.468 e. The van der Waals surface area contributed by atoms with Crippen molar-refractivity contribution < 1.29 is 9.53 Å². The SMILES string of the molecule is COC(=O)[C@H]1C(=S)N(Cc2ccccc2)C=C[C@@H]1CCc1ccccc1. The third-order valence-corrected chi connectivity index (χ3v) is 5.24. The molecule has 3 rings (SSSR count). The van der Waals surface area contributed by atoms with Crippen LogP contribution in [0.1, 0.15) is 17.5 Å². The highest BCUT2D eigenvalue weighted by atomic mass is 32.1. The highest BCUT2D eigenvalue weighted by Crippen LogP contribution is 2.29. The summed E-state index contributed by atoms with van der Waals surface area (Å²) in [4.78, 5) is 15.0. The van der Waals surface area contributed by atoms with Gasteiger partial charge in [0.15, 0.2) is 0 Å². The van der Waals surface area contributed by atoms with Crippen molar-refractivity contribution in [2.75, 3.05) is 7.11 Å². The molecule has 0 amide bonds. The summed E-state index contributed by atoms with van der Waals surface area (Å²) < 4.78 is 5.05. The van der Waals surface area contributed by atoms with Crippen LogP contribution in [0, 0.1) is 11.8 Å². The van der Waals surface area contributed by atoms with Gasteiger partial charge in [-0.15, -0.1) is 0 Å². The number of esters is 1. The molecule has 2 aromatic rings. The number of ether oxygens (including phenoxy) is 1. The number of hydrogen-bond donors (Lipinski definition) is 0. The highest BCUT2D eigenvalue weighted by Gasteiger charge is 2.36. The lowest BCUT2D eigenvalue weighted by Gasteiger charge is -2.34. The van der Waals surface area contributed by atoms with E-state index < -0.39 is 5.92 Å². The lowest BCUT2D eigenvalue weighted by Crippen LogP contribution is -2.42. The molecule has 1 aliphatic rings. The summed E-state index contributed by atoms with van der Waals surface area (Å²) in [6.45, 7) is 0.662. The van der Waals surface area contributed by atoms with E-state index in [9.17, 15) is 4.79 Å². The maximum absolute atomic E-state index is 12.4. The van der Waals surface area contributed by atoms with Crippen molar-refractivity contribution in [1.82, 2.24) is 4.90 Å². The van der Waals surface area contributed by atoms with Crippen LogP contribution >= 0.6 is 12.2 Å². The first-order chi connectivity index (χ1) is 12.7. The van der Waals surface area contributed by atoms with E-state index in [0.717, 1.165) is 18.4 Å². The van der Waals surface area contributed by atoms with Crippen LogP contribution in [0.3, 0.4) is 0 Å². The maximum Gasteiger partial charge on any atom is 0.316 e. The van der Waals surface area contributed by atoms with E-state index in [4.69, 9.17) is 17.0 Å². The van der Waals surface area contributed by atoms with Gasteiger partial charge in [0.2, 0.25) is 0 Å². The molecule has 1 heterocycles. The van der Waals surface area contributed by atoms with Gasteiger partial charge in [-0.1, -0.05) is 79.0 Å². The van der Waals surface area contributed by atoms with Gasteiger partial charge >= 0.3 is 5.97 Å². The molecule has 0 aliphatic carbocycles. The van der Waals surface area contributed by atoms with Gasteiger partial charge in [0.05, 0.1) is 12.1 Å². The Kier molecular flexibility index (Phi) is 6.18. The number of methoxy groups -OCH3 is 1. The molecule has 0 radical (unpaired) electrons. The minimum atomic E-state index is -0.410. The second-order valence-electron chi connectivity index (χ2n) is 6.48. The Balaban J connectivity index is 1.75. The highest BCUT2D eigenvalue weighted by molar-refractivity contribution is 7.80. The molecule has 2 aromatic carbocycles. The summed E-state index contributed by atoms with van der Waals surface area (Å²) in [5, 5.41) is 0. The number of carbonyl (C=O) groups is 1. The topological polar surface area (TPSA) is 29.5 Å². The van der Waals surface area contributed by atoms with Crippen LogP contribution < -0.4 is 0 Å². The molecule has 0 spiro atoms. The second kappa shape index (κ2) is 8.77. The van der Waals surface area contributed by atoms with Crippen LogP contribution in [-0.4, -0.2) is 23.0 Å². The molecule has 0 fully saturated rings. The number of nitrogens with zero attached hydrogens (tertiary/aromatic N) is 1. The molecular formula is C22H23NO2S. The van der Waals surface area contributed by atoms with Crippen molar-refractivity contribution in [2.45, 2.75) is 19.4 Å². The Bertz CT molecular complexity index is 773. The zero-order valence-corrected chi connectivity index (χ0v) is 15.7. The fourth-order valence-electron chi connectivity index (χ4n) is 3.32. The molecule has 0 aromatic heterocycles. The smallest absolute Gasteiger partial charge is 0.316 e. The van der Waals surface area contributed by atoms with E-state index in [1.165, 1.54) is 12.7 Å². The van der Waals surface area contributed by atoms with Gasteiger partial charge in [-0.05, 0) is 29.9 Å². The van der Waals surface area contributed by atoms with Gasteiger partial charge in [-0.25, -0.2) is 0 Å². The van der Waals surface area contributed by atoms with Gasteiger partial charge in [0, 0.05) is 12.7 Å². The Morgan fingerprint density at radius 3 is 2.27 bits per heavy atom. The molecule has 134 valence electrons. The van der Waals surface area contributed by atoms with Crippen LogP contribution in [0.15, 0.2) is 72.9 Å². The Hall–Kier alpha value is -2.46. The predicted octanol–water partition coefficient (Wildman–Crippen LogP) is 4.38. The molecule has 1 aliphatic heterocycles. The number of thiocarbonyl (C=S) groups is 1. The standard InChI is InChI=1S/C22H23NO2S/c1-25-22(24)20-19(13-12-17-8-4-2-5-9-17)14-15-23(21(20)26)16-18-10-6-3-7-11-18/h2-11,14-15,19-20H,12-13,16H2,1H3/t19-,20+/m0/s1. The summed E-state index contributed by atoms with van der Waals surface area (Å²) >= 11 is 5.67. The van der Waals surface area contributed by atoms with Crippen molar-refractivity contribution in [2.24, 2.45) is 11.8 Å². The van der Waals surface area contributed by atoms with Gasteiger partial charge in [0.25, 0.3) is 0 Å². The average molecular weight is 365 g/mol. The number of carbonyl (C=O) groups excluding carboxylic acids is 1. The minimum Gasteiger partial charge on any atom is -0.468 e. The zero-order valence-electron chi connectivity index (χ0n) is 14.9. The molecule has 0 bridgehead atoms. The number of aryl methyl sites for hydroxylation is 1. The molecule has 3 nitrogen and oxygen atoms in total. The van der Waals surface area contributed by atoms with Gasteiger partial charge < -0.3 is 9.64 Å². The van der Waals surface area contributed by atoms with Crippen molar-refractivity contribution >= 4 is 23.2 Å². The van der Waals surface area contributed by atoms with Crippen LogP contribution in [0.25, 0.3) is 0 Å². The molecule has 4 heteroatoms. The lowest BCUT2D eigenvalue weighted by molar-refractivity contribution is -0.144. The van der Waals surface area contributed by atoms with E-state index in [1.54, 1.807) is 0 Å². The molecule has 0 unspecified atom stereocenters. The Labute approximate surface area is 160 Å². The first-order valence-corrected chi connectivity index (χ1v) is 9.24. The maximum atomic E-state index is 12.4. The molecule has 2 atom stereocenters. The third kappa shape index (κ3) is 4.38. The summed E-state index contributed by atoms with van der Waals surface area (Å²) in [6.07, 6.45) is 5.89. The van der Waals surface area contributed by atoms with Gasteiger partial charge in [0.1, 0.15) is 5.92 Å². The number of benzene rings is 2. The van der Waals surface area contributed by atoms with Crippen molar-refractivity contribution in [3.05, 3.63) is 84.1 Å². The lowest BCUT2D eigenvalue weighted by atomic mass is 9.84. The van der Waals surface area contributed by atoms with Crippen LogP contribution in [0.2, 0.25) is 0 Å². The van der Waals surface area contributed by atoms with Crippen molar-refractivity contribution in [3.8, 4) is 0 Å². The second-order valence-corrected chi connectivity index (χ2v) is 6.90. The van der Waals surface area contributed by atoms with E-state index in [-0.39, 0.29) is 11.9 Å². The van der Waals surface area contributed by atoms with E-state index in [2.05, 4.69) is 30.3 Å². The fraction of sp³-hybridized carbons (Fsp3) is 0.273. The monoisotopic (exact) mass is 365 g/mol. The number of hydrogen-bond acceptors (Lipinski definition) is 3. The molecule has 0 N–H and O–H groups in total. The molecule has 26 heavy (non-hydrogen) atoms. The van der Waals surface area contributed by atoms with Crippen molar-refractivity contribution in [1.29, 1.82) is 0 Å². The summed E-state index contributed by atoms with van der Waals surface area (Å²) in [5.41, 5.74) is 2.42. The third-order valence-electron chi connectivity index (χ3n) is 4.75. The average Bonchev–Trinajstić information content (AvgIpc) is 2.69.